The Kier molecular flexibility index (Phi) is 5.39. The lowest BCUT2D eigenvalue weighted by Gasteiger charge is -2.27. The first-order valence-corrected chi connectivity index (χ1v) is 7.21. The molecule has 0 spiro atoms. The van der Waals surface area contributed by atoms with E-state index in [0.29, 0.717) is 0 Å². The van der Waals surface area contributed by atoms with E-state index in [1.165, 1.54) is 41.9 Å². The second-order valence-corrected chi connectivity index (χ2v) is 5.48. The molecule has 3 rings (SSSR count). The molecule has 0 saturated carbocycles. The van der Waals surface area contributed by atoms with Gasteiger partial charge in [0, 0.05) is 37.5 Å². The fourth-order valence-corrected chi connectivity index (χ4v) is 2.80. The maximum atomic E-state index is 2.35. The highest BCUT2D eigenvalue weighted by Gasteiger charge is 2.13. The summed E-state index contributed by atoms with van der Waals surface area (Å²) >= 11 is 0. The smallest absolute Gasteiger partial charge is 0.204 e. The Hall–Kier alpha value is -1.36. The number of anilines is 1. The number of halogens is 1. The second kappa shape index (κ2) is 7.07. The molecule has 0 N–H and O–H groups in total. The number of aryl methyl sites for hydroxylation is 2. The molecule has 1 aromatic carbocycles. The standard InChI is InChI=1S/C18H21N2.HI/c1-19-12-4-3-7-17(19)10-8-15-9-11-18-16(14-15)6-5-13-20(18)2;/h3-4,7-12,14H,5-6,13H2,1-2H3;1H/q+1;/p-1. The third kappa shape index (κ3) is 3.64. The lowest BCUT2D eigenvalue weighted by atomic mass is 9.99. The maximum Gasteiger partial charge on any atom is 0.204 e. The Morgan fingerprint density at radius 1 is 1.14 bits per heavy atom. The fraction of sp³-hybridized carbons (Fsp3) is 0.278. The molecule has 1 aromatic heterocycles. The van der Waals surface area contributed by atoms with Crippen LogP contribution in [0.1, 0.15) is 23.2 Å². The van der Waals surface area contributed by atoms with Crippen LogP contribution >= 0.6 is 0 Å². The van der Waals surface area contributed by atoms with Crippen LogP contribution in [0.2, 0.25) is 0 Å². The van der Waals surface area contributed by atoms with Crippen LogP contribution in [0, 0.1) is 0 Å². The van der Waals surface area contributed by atoms with Crippen molar-refractivity contribution in [2.24, 2.45) is 7.05 Å². The summed E-state index contributed by atoms with van der Waals surface area (Å²) in [4.78, 5) is 2.35. The van der Waals surface area contributed by atoms with Gasteiger partial charge in [0.1, 0.15) is 7.05 Å². The lowest BCUT2D eigenvalue weighted by Crippen LogP contribution is -3.00. The van der Waals surface area contributed by atoms with Crippen LogP contribution in [0.3, 0.4) is 0 Å². The largest absolute Gasteiger partial charge is 1.00 e. The Morgan fingerprint density at radius 3 is 2.81 bits per heavy atom. The van der Waals surface area contributed by atoms with Crippen molar-refractivity contribution >= 4 is 17.8 Å². The highest BCUT2D eigenvalue weighted by atomic mass is 127. The van der Waals surface area contributed by atoms with Crippen molar-refractivity contribution in [3.05, 3.63) is 59.4 Å². The van der Waals surface area contributed by atoms with Gasteiger partial charge in [-0.2, -0.15) is 0 Å². The summed E-state index contributed by atoms with van der Waals surface area (Å²) in [7, 11) is 4.25. The van der Waals surface area contributed by atoms with Gasteiger partial charge in [0.2, 0.25) is 5.69 Å². The average Bonchev–Trinajstić information content (AvgIpc) is 2.46. The molecule has 0 saturated heterocycles. The van der Waals surface area contributed by atoms with Gasteiger partial charge in [0.15, 0.2) is 6.20 Å². The first kappa shape index (κ1) is 16.0. The van der Waals surface area contributed by atoms with Gasteiger partial charge in [0.05, 0.1) is 0 Å². The first-order valence-electron chi connectivity index (χ1n) is 7.21. The summed E-state index contributed by atoms with van der Waals surface area (Å²) in [5, 5.41) is 0. The molecule has 0 unspecified atom stereocenters. The minimum Gasteiger partial charge on any atom is -1.00 e. The minimum absolute atomic E-state index is 0. The Morgan fingerprint density at radius 2 is 2.00 bits per heavy atom. The zero-order valence-corrected chi connectivity index (χ0v) is 14.7. The zero-order chi connectivity index (χ0) is 13.9. The number of hydrogen-bond acceptors (Lipinski definition) is 1. The van der Waals surface area contributed by atoms with Gasteiger partial charge in [0.25, 0.3) is 0 Å². The van der Waals surface area contributed by atoms with Crippen LogP contribution in [0.15, 0.2) is 42.6 Å². The minimum atomic E-state index is 0. The normalized spacial score (nSPS) is 13.9. The van der Waals surface area contributed by atoms with Gasteiger partial charge in [-0.15, -0.1) is 0 Å². The van der Waals surface area contributed by atoms with Crippen molar-refractivity contribution in [2.75, 3.05) is 18.5 Å². The van der Waals surface area contributed by atoms with Crippen LogP contribution in [-0.2, 0) is 13.5 Å². The second-order valence-electron chi connectivity index (χ2n) is 5.48. The summed E-state index contributed by atoms with van der Waals surface area (Å²) in [5.74, 6) is 0. The number of pyridine rings is 1. The molecule has 0 bridgehead atoms. The molecule has 2 nitrogen and oxygen atoms in total. The molecule has 2 heterocycles. The van der Waals surface area contributed by atoms with Crippen LogP contribution in [0.4, 0.5) is 5.69 Å². The van der Waals surface area contributed by atoms with Crippen LogP contribution < -0.4 is 33.4 Å². The molecule has 110 valence electrons. The Balaban J connectivity index is 0.00000161. The molecule has 0 aliphatic carbocycles. The summed E-state index contributed by atoms with van der Waals surface area (Å²) in [5.41, 5.74) is 5.35. The van der Waals surface area contributed by atoms with Gasteiger partial charge in [-0.25, -0.2) is 4.57 Å². The van der Waals surface area contributed by atoms with E-state index in [9.17, 15) is 0 Å². The molecule has 21 heavy (non-hydrogen) atoms. The fourth-order valence-electron chi connectivity index (χ4n) is 2.80. The number of benzene rings is 1. The van der Waals surface area contributed by atoms with Gasteiger partial charge in [-0.1, -0.05) is 6.07 Å². The molecule has 0 fully saturated rings. The molecular formula is C18H21IN2. The number of fused-ring (bicyclic) bond motifs is 1. The number of aromatic nitrogens is 1. The Labute approximate surface area is 144 Å². The molecule has 2 aromatic rings. The third-order valence-corrected chi connectivity index (χ3v) is 4.00. The predicted molar refractivity (Wildman–Crippen MR) is 84.6 cm³/mol. The van der Waals surface area contributed by atoms with Gasteiger partial charge < -0.3 is 28.9 Å². The zero-order valence-electron chi connectivity index (χ0n) is 12.6. The van der Waals surface area contributed by atoms with Crippen molar-refractivity contribution in [1.82, 2.24) is 0 Å². The van der Waals surface area contributed by atoms with E-state index < -0.39 is 0 Å². The summed E-state index contributed by atoms with van der Waals surface area (Å²) < 4.78 is 2.13. The maximum absolute atomic E-state index is 2.35. The molecule has 0 radical (unpaired) electrons. The Bertz CT molecular complexity index is 649. The van der Waals surface area contributed by atoms with E-state index in [2.05, 4.69) is 72.2 Å². The van der Waals surface area contributed by atoms with Crippen molar-refractivity contribution in [1.29, 1.82) is 0 Å². The van der Waals surface area contributed by atoms with E-state index in [-0.39, 0.29) is 24.0 Å². The summed E-state index contributed by atoms with van der Waals surface area (Å²) in [6, 6.07) is 13.0. The van der Waals surface area contributed by atoms with Crippen molar-refractivity contribution in [2.45, 2.75) is 12.8 Å². The van der Waals surface area contributed by atoms with E-state index in [0.717, 1.165) is 0 Å². The molecule has 1 aliphatic heterocycles. The predicted octanol–water partition coefficient (Wildman–Crippen LogP) is 0.0679. The summed E-state index contributed by atoms with van der Waals surface area (Å²) in [6.45, 7) is 1.17. The van der Waals surface area contributed by atoms with Crippen LogP contribution in [0.25, 0.3) is 12.2 Å². The average molecular weight is 392 g/mol. The first-order chi connectivity index (χ1) is 9.74. The molecular weight excluding hydrogens is 371 g/mol. The van der Waals surface area contributed by atoms with E-state index in [1.54, 1.807) is 0 Å². The van der Waals surface area contributed by atoms with E-state index in [1.807, 2.05) is 6.07 Å². The van der Waals surface area contributed by atoms with Gasteiger partial charge >= 0.3 is 0 Å². The monoisotopic (exact) mass is 392 g/mol. The van der Waals surface area contributed by atoms with Gasteiger partial charge in [-0.05, 0) is 48.2 Å². The van der Waals surface area contributed by atoms with Crippen LogP contribution in [0.5, 0.6) is 0 Å². The summed E-state index contributed by atoms with van der Waals surface area (Å²) in [6.07, 6.45) is 8.89. The molecule has 3 heteroatoms. The molecule has 0 atom stereocenters. The SMILES string of the molecule is CN1CCCc2cc(/C=C/c3cccc[n+]3C)ccc21.[I-]. The number of hydrogen-bond donors (Lipinski definition) is 0. The molecule has 0 amide bonds. The molecule has 1 aliphatic rings. The number of nitrogens with zero attached hydrogens (tertiary/aromatic N) is 2. The highest BCUT2D eigenvalue weighted by molar-refractivity contribution is 5.70. The highest BCUT2D eigenvalue weighted by Crippen LogP contribution is 2.27. The van der Waals surface area contributed by atoms with Crippen LogP contribution in [-0.4, -0.2) is 13.6 Å². The third-order valence-electron chi connectivity index (χ3n) is 4.00. The van der Waals surface area contributed by atoms with E-state index in [4.69, 9.17) is 0 Å². The topological polar surface area (TPSA) is 7.12 Å². The lowest BCUT2D eigenvalue weighted by molar-refractivity contribution is -0.673. The van der Waals surface area contributed by atoms with E-state index >= 15 is 0 Å². The van der Waals surface area contributed by atoms with Crippen molar-refractivity contribution < 1.29 is 28.5 Å². The number of rotatable bonds is 2. The van der Waals surface area contributed by atoms with Gasteiger partial charge in [-0.3, -0.25) is 0 Å². The van der Waals surface area contributed by atoms with Crippen molar-refractivity contribution in [3.8, 4) is 0 Å². The van der Waals surface area contributed by atoms with Crippen molar-refractivity contribution in [3.63, 3.8) is 0 Å². The quantitative estimate of drug-likeness (QED) is 0.519.